The van der Waals surface area contributed by atoms with Crippen molar-refractivity contribution in [3.05, 3.63) is 29.8 Å². The van der Waals surface area contributed by atoms with Gasteiger partial charge in [0.05, 0.1) is 31.8 Å². The van der Waals surface area contributed by atoms with Gasteiger partial charge in [0.2, 0.25) is 5.91 Å². The zero-order valence-corrected chi connectivity index (χ0v) is 36.0. The third kappa shape index (κ3) is 10.9. The van der Waals surface area contributed by atoms with Crippen LogP contribution in [-0.4, -0.2) is 154 Å². The second-order valence-corrected chi connectivity index (χ2v) is 19.7. The summed E-state index contributed by atoms with van der Waals surface area (Å²) in [6.07, 6.45) is 7.34. The molecule has 15 heteroatoms. The number of amides is 1. The molecule has 336 valence electrons. The first-order chi connectivity index (χ1) is 28.5. The lowest BCUT2D eigenvalue weighted by atomic mass is 9.43. The molecule has 9 N–H and O–H groups in total. The van der Waals surface area contributed by atoms with Crippen molar-refractivity contribution in [1.82, 2.24) is 20.0 Å². The van der Waals surface area contributed by atoms with Gasteiger partial charge in [-0.25, -0.2) is 0 Å². The van der Waals surface area contributed by atoms with Crippen LogP contribution in [0.5, 0.6) is 0 Å². The molecular weight excluding hydrogens is 769 g/mol. The number of aliphatic carboxylic acids is 3. The Hall–Kier alpha value is -3.18. The maximum absolute atomic E-state index is 13.3. The van der Waals surface area contributed by atoms with Crippen molar-refractivity contribution < 1.29 is 44.7 Å². The molecule has 0 spiro atoms. The number of anilines is 1. The predicted molar refractivity (Wildman–Crippen MR) is 227 cm³/mol. The molecule has 0 bridgehead atoms. The van der Waals surface area contributed by atoms with Crippen molar-refractivity contribution in [1.29, 1.82) is 0 Å². The van der Waals surface area contributed by atoms with E-state index < -0.39 is 24.0 Å². The van der Waals surface area contributed by atoms with E-state index >= 15 is 0 Å². The quantitative estimate of drug-likeness (QED) is 0.120. The number of carbonyl (C=O) groups excluding carboxylic acids is 1. The standard InChI is InChI=1S/C45H72N6O9/c1-28(34-9-10-35-43-36(23-38(53)45(34,35)3)44(2)13-12-31(46)21-30(44)22-37(43)52)4-11-39(54)48-32-7-5-29(6-8-32)20-33(47-24-40(55)56)25-49-14-16-50(26-41(57)58)18-19-51(17-15-49)27-42(59)60/h5-8,28,30-31,33-38,43,47,52-53H,4,9-27,46H2,1-3H3,(H,48,54)(H,55,56)(H,57,58)(H,59,60)/t28?,30-,31+,33?,34+,35?,36?,37+,38-,43?,44-,45+/m0/s1. The lowest BCUT2D eigenvalue weighted by molar-refractivity contribution is -0.202. The maximum Gasteiger partial charge on any atom is 0.317 e. The molecule has 6 rings (SSSR count). The van der Waals surface area contributed by atoms with E-state index in [-0.39, 0.29) is 78.2 Å². The number of carboxylic acid groups (broad SMARTS) is 3. The van der Waals surface area contributed by atoms with Crippen LogP contribution in [0.2, 0.25) is 0 Å². The summed E-state index contributed by atoms with van der Waals surface area (Å²) in [6, 6.07) is 7.51. The van der Waals surface area contributed by atoms with Crippen LogP contribution in [0.4, 0.5) is 5.69 Å². The van der Waals surface area contributed by atoms with E-state index in [2.05, 4.69) is 36.3 Å². The molecule has 1 heterocycles. The highest BCUT2D eigenvalue weighted by Crippen LogP contribution is 2.68. The zero-order valence-electron chi connectivity index (χ0n) is 36.0. The number of rotatable bonds is 16. The average Bonchev–Trinajstić information content (AvgIpc) is 3.58. The zero-order chi connectivity index (χ0) is 43.4. The Morgan fingerprint density at radius 1 is 0.817 bits per heavy atom. The largest absolute Gasteiger partial charge is 0.480 e. The van der Waals surface area contributed by atoms with Crippen LogP contribution in [0, 0.1) is 46.3 Å². The lowest BCUT2D eigenvalue weighted by Gasteiger charge is -2.63. The van der Waals surface area contributed by atoms with Gasteiger partial charge in [0, 0.05) is 70.0 Å². The molecule has 1 saturated heterocycles. The van der Waals surface area contributed by atoms with Gasteiger partial charge in [-0.1, -0.05) is 32.9 Å². The SMILES string of the molecule is CC(CCC(=O)Nc1ccc(CC(CN2CCN(CC(=O)O)CCN(CC(=O)O)CC2)NCC(=O)O)cc1)[C@H]1CCC2C3C(C[C@H](O)[C@@]21C)[C@@]1(C)CC[C@@H](N)C[C@H]1C[C@H]3O. The number of carboxylic acids is 3. The summed E-state index contributed by atoms with van der Waals surface area (Å²) >= 11 is 0. The van der Waals surface area contributed by atoms with Gasteiger partial charge in [0.1, 0.15) is 0 Å². The Labute approximate surface area is 355 Å². The number of hydrogen-bond donors (Lipinski definition) is 8. The number of nitrogens with two attached hydrogens (primary N) is 1. The van der Waals surface area contributed by atoms with Crippen molar-refractivity contribution >= 4 is 29.5 Å². The molecule has 15 nitrogen and oxygen atoms in total. The second kappa shape index (κ2) is 19.9. The number of carbonyl (C=O) groups is 4. The summed E-state index contributed by atoms with van der Waals surface area (Å²) in [6.45, 7) is 9.75. The van der Waals surface area contributed by atoms with E-state index in [1.54, 1.807) is 9.80 Å². The van der Waals surface area contributed by atoms with Crippen molar-refractivity contribution in [3.8, 4) is 0 Å². The third-order valence-corrected chi connectivity index (χ3v) is 16.1. The van der Waals surface area contributed by atoms with Crippen LogP contribution in [-0.2, 0) is 25.6 Å². The number of fused-ring (bicyclic) bond motifs is 5. The Morgan fingerprint density at radius 2 is 1.43 bits per heavy atom. The minimum atomic E-state index is -0.983. The van der Waals surface area contributed by atoms with E-state index in [1.165, 1.54) is 0 Å². The van der Waals surface area contributed by atoms with Crippen LogP contribution in [0.3, 0.4) is 0 Å². The van der Waals surface area contributed by atoms with E-state index in [4.69, 9.17) is 5.73 Å². The Morgan fingerprint density at radius 3 is 2.03 bits per heavy atom. The van der Waals surface area contributed by atoms with Crippen LogP contribution in [0.25, 0.3) is 0 Å². The Bertz CT molecular complexity index is 1620. The monoisotopic (exact) mass is 841 g/mol. The molecule has 12 atom stereocenters. The highest BCUT2D eigenvalue weighted by molar-refractivity contribution is 5.90. The molecule has 1 aromatic carbocycles. The smallest absolute Gasteiger partial charge is 0.317 e. The fourth-order valence-corrected chi connectivity index (χ4v) is 12.8. The topological polar surface area (TPSA) is 229 Å². The van der Waals surface area contributed by atoms with E-state index in [9.17, 15) is 44.7 Å². The molecule has 4 saturated carbocycles. The molecule has 0 radical (unpaired) electrons. The number of nitrogens with one attached hydrogen (secondary N) is 2. The highest BCUT2D eigenvalue weighted by atomic mass is 16.4. The van der Waals surface area contributed by atoms with E-state index in [0.29, 0.717) is 82.6 Å². The molecule has 60 heavy (non-hydrogen) atoms. The molecule has 1 aromatic rings. The van der Waals surface area contributed by atoms with Gasteiger partial charge in [0.25, 0.3) is 0 Å². The van der Waals surface area contributed by atoms with E-state index in [1.807, 2.05) is 24.3 Å². The highest BCUT2D eigenvalue weighted by Gasteiger charge is 2.65. The molecule has 5 aliphatic rings. The number of nitrogens with zero attached hydrogens (tertiary/aromatic N) is 3. The molecule has 5 unspecified atom stereocenters. The summed E-state index contributed by atoms with van der Waals surface area (Å²) in [5, 5.41) is 58.1. The summed E-state index contributed by atoms with van der Waals surface area (Å²) in [5.41, 5.74) is 7.82. The van der Waals surface area contributed by atoms with Crippen LogP contribution in [0.1, 0.15) is 84.1 Å². The van der Waals surface area contributed by atoms with Gasteiger partial charge in [-0.3, -0.25) is 33.9 Å². The van der Waals surface area contributed by atoms with Crippen molar-refractivity contribution in [2.75, 3.05) is 70.8 Å². The second-order valence-electron chi connectivity index (χ2n) is 19.7. The Kier molecular flexibility index (Phi) is 15.4. The number of hydrogen-bond acceptors (Lipinski definition) is 11. The minimum Gasteiger partial charge on any atom is -0.480 e. The summed E-state index contributed by atoms with van der Waals surface area (Å²) < 4.78 is 0. The number of benzene rings is 1. The van der Waals surface area contributed by atoms with Crippen molar-refractivity contribution in [3.63, 3.8) is 0 Å². The van der Waals surface area contributed by atoms with Gasteiger partial charge in [-0.2, -0.15) is 0 Å². The molecule has 1 aliphatic heterocycles. The van der Waals surface area contributed by atoms with E-state index in [0.717, 1.165) is 50.5 Å². The summed E-state index contributed by atoms with van der Waals surface area (Å²) in [7, 11) is 0. The minimum absolute atomic E-state index is 0.0707. The Balaban J connectivity index is 1.02. The molecule has 1 amide bonds. The molecule has 5 fully saturated rings. The molecular formula is C45H72N6O9. The predicted octanol–water partition coefficient (Wildman–Crippen LogP) is 2.64. The first-order valence-electron chi connectivity index (χ1n) is 22.5. The van der Waals surface area contributed by atoms with Crippen LogP contribution in [0.15, 0.2) is 24.3 Å². The summed E-state index contributed by atoms with van der Waals surface area (Å²) in [5.74, 6) is -1.30. The van der Waals surface area contributed by atoms with Crippen molar-refractivity contribution in [2.45, 2.75) is 109 Å². The lowest BCUT2D eigenvalue weighted by Crippen LogP contribution is -2.62. The average molecular weight is 841 g/mol. The fraction of sp³-hybridized carbons (Fsp3) is 0.778. The third-order valence-electron chi connectivity index (χ3n) is 16.1. The first kappa shape index (κ1) is 46.3. The van der Waals surface area contributed by atoms with Gasteiger partial charge in [0.15, 0.2) is 0 Å². The number of aliphatic hydroxyl groups excluding tert-OH is 2. The number of aliphatic hydroxyl groups is 2. The molecule has 0 aromatic heterocycles. The van der Waals surface area contributed by atoms with Gasteiger partial charge in [-0.05, 0) is 122 Å². The maximum atomic E-state index is 13.3. The normalized spacial score (nSPS) is 35.1. The summed E-state index contributed by atoms with van der Waals surface area (Å²) in [4.78, 5) is 53.6. The van der Waals surface area contributed by atoms with Gasteiger partial charge in [-0.15, -0.1) is 0 Å². The van der Waals surface area contributed by atoms with Crippen LogP contribution >= 0.6 is 0 Å². The van der Waals surface area contributed by atoms with Gasteiger partial charge < -0.3 is 41.9 Å². The molecule has 4 aliphatic carbocycles. The first-order valence-corrected chi connectivity index (χ1v) is 22.5. The fourth-order valence-electron chi connectivity index (χ4n) is 12.8. The van der Waals surface area contributed by atoms with Gasteiger partial charge >= 0.3 is 17.9 Å². The van der Waals surface area contributed by atoms with Crippen molar-refractivity contribution in [2.24, 2.45) is 52.1 Å². The van der Waals surface area contributed by atoms with Crippen LogP contribution < -0.4 is 16.4 Å².